The summed E-state index contributed by atoms with van der Waals surface area (Å²) < 4.78 is 0. The maximum atomic E-state index is 7.35. The van der Waals surface area contributed by atoms with Gasteiger partial charge in [-0.3, -0.25) is 0 Å². The molecule has 0 atom stereocenters. The van der Waals surface area contributed by atoms with Crippen LogP contribution in [0.4, 0.5) is 5.69 Å². The van der Waals surface area contributed by atoms with E-state index < -0.39 is 4.87 Å². The smallest absolute Gasteiger partial charge is 0.121 e. The SMILES string of the molecule is CCc1cc(N)ccc1C1(Cl)c2ccccc2-c2ccccc21. The number of rotatable bonds is 2. The Balaban J connectivity index is 2.08. The molecular weight excluding hydrogens is 302 g/mol. The van der Waals surface area contributed by atoms with Crippen LogP contribution in [0.3, 0.4) is 0 Å². The van der Waals surface area contributed by atoms with E-state index in [0.29, 0.717) is 0 Å². The van der Waals surface area contributed by atoms with Gasteiger partial charge in [0.15, 0.2) is 0 Å². The summed E-state index contributed by atoms with van der Waals surface area (Å²) in [5.41, 5.74) is 13.9. The van der Waals surface area contributed by atoms with Crippen molar-refractivity contribution in [3.8, 4) is 11.1 Å². The van der Waals surface area contributed by atoms with Crippen LogP contribution in [0.5, 0.6) is 0 Å². The molecule has 0 heterocycles. The Kier molecular flexibility index (Phi) is 3.21. The molecule has 0 fully saturated rings. The molecule has 2 heteroatoms. The van der Waals surface area contributed by atoms with E-state index in [2.05, 4.69) is 61.5 Å². The van der Waals surface area contributed by atoms with Gasteiger partial charge in [-0.15, -0.1) is 11.6 Å². The Morgan fingerprint density at radius 1 is 0.826 bits per heavy atom. The number of hydrogen-bond acceptors (Lipinski definition) is 1. The van der Waals surface area contributed by atoms with Crippen LogP contribution in [-0.2, 0) is 11.3 Å². The summed E-state index contributed by atoms with van der Waals surface area (Å²) in [7, 11) is 0. The van der Waals surface area contributed by atoms with Gasteiger partial charge in [-0.1, -0.05) is 61.5 Å². The summed E-state index contributed by atoms with van der Waals surface area (Å²) >= 11 is 7.35. The van der Waals surface area contributed by atoms with Gasteiger partial charge < -0.3 is 5.73 Å². The third-order valence-electron chi connectivity index (χ3n) is 4.77. The number of benzene rings is 3. The van der Waals surface area contributed by atoms with Gasteiger partial charge in [-0.05, 0) is 51.9 Å². The molecule has 0 aromatic heterocycles. The number of halogens is 1. The molecule has 1 aliphatic carbocycles. The second kappa shape index (κ2) is 5.14. The number of alkyl halides is 1. The average molecular weight is 320 g/mol. The zero-order valence-electron chi connectivity index (χ0n) is 13.0. The van der Waals surface area contributed by atoms with E-state index in [9.17, 15) is 0 Å². The first-order chi connectivity index (χ1) is 11.2. The maximum Gasteiger partial charge on any atom is 0.121 e. The highest BCUT2D eigenvalue weighted by Gasteiger charge is 2.43. The predicted octanol–water partition coefficient (Wildman–Crippen LogP) is 5.34. The van der Waals surface area contributed by atoms with E-state index in [1.165, 1.54) is 16.7 Å². The van der Waals surface area contributed by atoms with E-state index in [1.807, 2.05) is 12.1 Å². The van der Waals surface area contributed by atoms with Crippen molar-refractivity contribution >= 4 is 17.3 Å². The summed E-state index contributed by atoms with van der Waals surface area (Å²) in [6, 6.07) is 22.9. The van der Waals surface area contributed by atoms with Crippen LogP contribution in [0.2, 0.25) is 0 Å². The molecule has 3 aromatic rings. The molecule has 114 valence electrons. The topological polar surface area (TPSA) is 26.0 Å². The van der Waals surface area contributed by atoms with Crippen LogP contribution in [0.25, 0.3) is 11.1 Å². The first kappa shape index (κ1) is 14.3. The van der Waals surface area contributed by atoms with Crippen LogP contribution >= 0.6 is 11.6 Å². The van der Waals surface area contributed by atoms with Crippen LogP contribution in [0, 0.1) is 0 Å². The summed E-state index contributed by atoms with van der Waals surface area (Å²) in [6.45, 7) is 2.14. The van der Waals surface area contributed by atoms with Crippen molar-refractivity contribution in [2.75, 3.05) is 5.73 Å². The van der Waals surface area contributed by atoms with E-state index >= 15 is 0 Å². The molecule has 0 bridgehead atoms. The van der Waals surface area contributed by atoms with Gasteiger partial charge in [0, 0.05) is 5.69 Å². The van der Waals surface area contributed by atoms with E-state index in [1.54, 1.807) is 0 Å². The number of anilines is 1. The highest BCUT2D eigenvalue weighted by molar-refractivity contribution is 6.30. The van der Waals surface area contributed by atoms with Gasteiger partial charge in [0.05, 0.1) is 0 Å². The first-order valence-electron chi connectivity index (χ1n) is 7.93. The molecule has 0 aliphatic heterocycles. The number of hydrogen-bond donors (Lipinski definition) is 1. The van der Waals surface area contributed by atoms with Gasteiger partial charge in [0.25, 0.3) is 0 Å². The highest BCUT2D eigenvalue weighted by atomic mass is 35.5. The van der Waals surface area contributed by atoms with Crippen LogP contribution in [0.15, 0.2) is 66.7 Å². The summed E-state index contributed by atoms with van der Waals surface area (Å²) in [5, 5.41) is 0. The number of nitrogens with two attached hydrogens (primary N) is 1. The highest BCUT2D eigenvalue weighted by Crippen LogP contribution is 2.55. The van der Waals surface area contributed by atoms with Crippen molar-refractivity contribution < 1.29 is 0 Å². The second-order valence-electron chi connectivity index (χ2n) is 6.02. The Bertz CT molecular complexity index is 852. The van der Waals surface area contributed by atoms with E-state index in [-0.39, 0.29) is 0 Å². The zero-order chi connectivity index (χ0) is 16.0. The molecule has 0 saturated carbocycles. The van der Waals surface area contributed by atoms with Crippen molar-refractivity contribution in [2.45, 2.75) is 18.2 Å². The lowest BCUT2D eigenvalue weighted by Crippen LogP contribution is -2.21. The van der Waals surface area contributed by atoms with Crippen LogP contribution in [-0.4, -0.2) is 0 Å². The standard InChI is InChI=1S/C21H18ClN/c1-2-14-13-15(23)11-12-18(14)21(22)19-9-5-3-7-16(19)17-8-4-6-10-20(17)21/h3-13H,2,23H2,1H3. The van der Waals surface area contributed by atoms with Gasteiger partial charge in [0.1, 0.15) is 4.87 Å². The monoisotopic (exact) mass is 319 g/mol. The summed E-state index contributed by atoms with van der Waals surface area (Å²) in [6.07, 6.45) is 0.902. The average Bonchev–Trinajstić information content (AvgIpc) is 2.86. The summed E-state index contributed by atoms with van der Waals surface area (Å²) in [4.78, 5) is -0.647. The van der Waals surface area contributed by atoms with Crippen molar-refractivity contribution in [1.29, 1.82) is 0 Å². The van der Waals surface area contributed by atoms with E-state index in [0.717, 1.165) is 28.8 Å². The Labute approximate surface area is 141 Å². The molecule has 0 unspecified atom stereocenters. The molecule has 1 aliphatic rings. The fourth-order valence-corrected chi connectivity index (χ4v) is 4.23. The van der Waals surface area contributed by atoms with E-state index in [4.69, 9.17) is 17.3 Å². The van der Waals surface area contributed by atoms with Crippen molar-refractivity contribution in [2.24, 2.45) is 0 Å². The molecule has 2 N–H and O–H groups in total. The summed E-state index contributed by atoms with van der Waals surface area (Å²) in [5.74, 6) is 0. The second-order valence-corrected chi connectivity index (χ2v) is 6.59. The van der Waals surface area contributed by atoms with Gasteiger partial charge >= 0.3 is 0 Å². The molecule has 4 rings (SSSR count). The van der Waals surface area contributed by atoms with Crippen LogP contribution < -0.4 is 5.73 Å². The van der Waals surface area contributed by atoms with Crippen LogP contribution in [0.1, 0.15) is 29.2 Å². The lowest BCUT2D eigenvalue weighted by molar-refractivity contribution is 0.882. The molecule has 1 nitrogen and oxygen atoms in total. The molecule has 23 heavy (non-hydrogen) atoms. The third-order valence-corrected chi connectivity index (χ3v) is 5.38. The number of nitrogen functional groups attached to an aromatic ring is 1. The quantitative estimate of drug-likeness (QED) is 0.500. The zero-order valence-corrected chi connectivity index (χ0v) is 13.8. The van der Waals surface area contributed by atoms with Crippen molar-refractivity contribution in [3.05, 3.63) is 89.0 Å². The lowest BCUT2D eigenvalue weighted by Gasteiger charge is -2.28. The lowest BCUT2D eigenvalue weighted by atomic mass is 9.84. The third kappa shape index (κ3) is 1.93. The van der Waals surface area contributed by atoms with Crippen molar-refractivity contribution in [1.82, 2.24) is 0 Å². The fraction of sp³-hybridized carbons (Fsp3) is 0.143. The van der Waals surface area contributed by atoms with Crippen molar-refractivity contribution in [3.63, 3.8) is 0 Å². The van der Waals surface area contributed by atoms with Gasteiger partial charge in [-0.2, -0.15) is 0 Å². The molecule has 0 radical (unpaired) electrons. The predicted molar refractivity (Wildman–Crippen MR) is 97.8 cm³/mol. The molecule has 0 amide bonds. The molecule has 3 aromatic carbocycles. The first-order valence-corrected chi connectivity index (χ1v) is 8.31. The normalized spacial score (nSPS) is 14.3. The molecule has 0 saturated heterocycles. The molecular formula is C21H18ClN. The Hall–Kier alpha value is -2.25. The molecule has 0 spiro atoms. The maximum absolute atomic E-state index is 7.35. The minimum Gasteiger partial charge on any atom is -0.399 e. The minimum atomic E-state index is -0.647. The van der Waals surface area contributed by atoms with Gasteiger partial charge in [-0.25, -0.2) is 0 Å². The minimum absolute atomic E-state index is 0.647. The Morgan fingerprint density at radius 2 is 1.39 bits per heavy atom. The van der Waals surface area contributed by atoms with Gasteiger partial charge in [0.2, 0.25) is 0 Å². The largest absolute Gasteiger partial charge is 0.399 e. The number of fused-ring (bicyclic) bond motifs is 3. The Morgan fingerprint density at radius 3 is 1.96 bits per heavy atom. The number of aryl methyl sites for hydroxylation is 1. The fourth-order valence-electron chi connectivity index (χ4n) is 3.71.